The lowest BCUT2D eigenvalue weighted by Crippen LogP contribution is -2.57. The summed E-state index contributed by atoms with van der Waals surface area (Å²) in [5.74, 6) is 7.19. The molecule has 0 fully saturated rings. The van der Waals surface area contributed by atoms with E-state index in [0.29, 0.717) is 11.1 Å². The van der Waals surface area contributed by atoms with Crippen LogP contribution in [0.1, 0.15) is 96.8 Å². The number of allylic oxidation sites excluding steroid dienone is 1. The molecule has 0 aromatic carbocycles. The van der Waals surface area contributed by atoms with Crippen LogP contribution in [-0.4, -0.2) is 41.8 Å². The molecule has 4 heteroatoms. The Morgan fingerprint density at radius 3 is 2.00 bits per heavy atom. The van der Waals surface area contributed by atoms with Gasteiger partial charge in [0.1, 0.15) is 13.1 Å². The molecule has 1 unspecified atom stereocenters. The molecule has 3 N–H and O–H groups in total. The largest absolute Gasteiger partial charge is 0.390 e. The van der Waals surface area contributed by atoms with Crippen molar-refractivity contribution in [1.82, 2.24) is 0 Å². The van der Waals surface area contributed by atoms with Gasteiger partial charge in [-0.15, -0.1) is 0 Å². The number of amidine groups is 1. The molecule has 152 valence electrons. The Morgan fingerprint density at radius 2 is 1.46 bits per heavy atom. The molecule has 0 aromatic heterocycles. The minimum atomic E-state index is 0.113. The zero-order valence-corrected chi connectivity index (χ0v) is 17.3. The Morgan fingerprint density at radius 1 is 0.923 bits per heavy atom. The number of unbranched alkanes of at least 4 members (excludes halogenated alkanes) is 13. The first-order chi connectivity index (χ1) is 12.7. The summed E-state index contributed by atoms with van der Waals surface area (Å²) in [6.07, 6.45) is 23.5. The normalized spacial score (nSPS) is 20.2. The number of rotatable bonds is 17. The highest BCUT2D eigenvalue weighted by Gasteiger charge is 2.32. The number of aliphatic imine (C=N–C) groups is 1. The van der Waals surface area contributed by atoms with Gasteiger partial charge >= 0.3 is 0 Å². The first-order valence-electron chi connectivity index (χ1n) is 11.2. The number of quaternary nitrogens is 1. The van der Waals surface area contributed by atoms with Crippen molar-refractivity contribution in [3.8, 4) is 0 Å². The van der Waals surface area contributed by atoms with Gasteiger partial charge in [-0.25, -0.2) is 4.99 Å². The van der Waals surface area contributed by atoms with Gasteiger partial charge in [0.2, 0.25) is 5.84 Å². The molecular weight excluding hydrogens is 322 g/mol. The number of hydrogen-bond donors (Lipinski definition) is 2. The van der Waals surface area contributed by atoms with Gasteiger partial charge in [-0.3, -0.25) is 0 Å². The topological polar surface area (TPSA) is 58.6 Å². The fraction of sp³-hybridized carbons (Fsp3) is 0.864. The standard InChI is InChI=1S/C22H44N3O/c1-2-3-4-5-6-7-8-9-10-11-12-13-14-15-16-17-22-24-18-19-25(22,23)20-21-26/h16-17,26H,2-15,18-21,23H2,1H3/q+1. The summed E-state index contributed by atoms with van der Waals surface area (Å²) in [4.78, 5) is 4.48. The second-order valence-corrected chi connectivity index (χ2v) is 7.88. The Kier molecular flexibility index (Phi) is 13.8. The number of nitrogens with two attached hydrogens (primary N) is 1. The zero-order chi connectivity index (χ0) is 18.9. The van der Waals surface area contributed by atoms with Crippen molar-refractivity contribution in [2.24, 2.45) is 10.8 Å². The first-order valence-corrected chi connectivity index (χ1v) is 11.2. The third kappa shape index (κ3) is 10.4. The van der Waals surface area contributed by atoms with Gasteiger partial charge < -0.3 is 5.11 Å². The van der Waals surface area contributed by atoms with Crippen molar-refractivity contribution in [3.63, 3.8) is 0 Å². The Labute approximate surface area is 162 Å². The highest BCUT2D eigenvalue weighted by atomic mass is 16.3. The van der Waals surface area contributed by atoms with Crippen molar-refractivity contribution >= 4 is 5.84 Å². The smallest absolute Gasteiger partial charge is 0.242 e. The molecule has 0 radical (unpaired) electrons. The molecule has 26 heavy (non-hydrogen) atoms. The van der Waals surface area contributed by atoms with E-state index < -0.39 is 0 Å². The summed E-state index contributed by atoms with van der Waals surface area (Å²) in [5, 5.41) is 9.14. The minimum Gasteiger partial charge on any atom is -0.390 e. The number of aliphatic hydroxyl groups is 1. The van der Waals surface area contributed by atoms with Crippen LogP contribution in [0.15, 0.2) is 17.1 Å². The van der Waals surface area contributed by atoms with E-state index in [-0.39, 0.29) is 6.61 Å². The molecule has 1 aliphatic rings. The third-order valence-corrected chi connectivity index (χ3v) is 5.47. The molecule has 1 aliphatic heterocycles. The minimum absolute atomic E-state index is 0.113. The maximum Gasteiger partial charge on any atom is 0.242 e. The Hall–Kier alpha value is -0.710. The van der Waals surface area contributed by atoms with Crippen molar-refractivity contribution in [1.29, 1.82) is 0 Å². The van der Waals surface area contributed by atoms with Crippen LogP contribution in [0.25, 0.3) is 0 Å². The van der Waals surface area contributed by atoms with Gasteiger partial charge in [0.05, 0.1) is 13.2 Å². The molecule has 0 bridgehead atoms. The van der Waals surface area contributed by atoms with Crippen LogP contribution in [-0.2, 0) is 0 Å². The van der Waals surface area contributed by atoms with Crippen LogP contribution in [0.4, 0.5) is 0 Å². The monoisotopic (exact) mass is 366 g/mol. The summed E-state index contributed by atoms with van der Waals surface area (Å²) in [7, 11) is 0. The average molecular weight is 367 g/mol. The lowest BCUT2D eigenvalue weighted by molar-refractivity contribution is -0.846. The molecular formula is C22H44N3O+. The molecule has 1 heterocycles. The van der Waals surface area contributed by atoms with Gasteiger partial charge in [0.25, 0.3) is 0 Å². The predicted molar refractivity (Wildman–Crippen MR) is 113 cm³/mol. The SMILES string of the molecule is CCCCCCCCCCCCCCCC=CC1=NCC[N+]1(N)CCO. The Bertz CT molecular complexity index is 395. The highest BCUT2D eigenvalue weighted by molar-refractivity contribution is 5.87. The molecule has 4 nitrogen and oxygen atoms in total. The van der Waals surface area contributed by atoms with E-state index in [1.165, 1.54) is 83.5 Å². The fourth-order valence-corrected chi connectivity index (χ4v) is 3.67. The van der Waals surface area contributed by atoms with E-state index in [4.69, 9.17) is 10.9 Å². The van der Waals surface area contributed by atoms with Crippen molar-refractivity contribution in [2.75, 3.05) is 26.2 Å². The summed E-state index contributed by atoms with van der Waals surface area (Å²) in [5.41, 5.74) is 0. The zero-order valence-electron chi connectivity index (χ0n) is 17.3. The van der Waals surface area contributed by atoms with Gasteiger partial charge in [0, 0.05) is 6.08 Å². The maximum atomic E-state index is 9.14. The van der Waals surface area contributed by atoms with Crippen molar-refractivity contribution in [2.45, 2.75) is 96.8 Å². The van der Waals surface area contributed by atoms with Gasteiger partial charge in [-0.2, -0.15) is 10.4 Å². The molecule has 1 atom stereocenters. The van der Waals surface area contributed by atoms with Gasteiger partial charge in [-0.1, -0.05) is 90.0 Å². The second kappa shape index (κ2) is 15.4. The molecule has 0 saturated carbocycles. The maximum absolute atomic E-state index is 9.14. The van der Waals surface area contributed by atoms with E-state index in [1.54, 1.807) is 0 Å². The highest BCUT2D eigenvalue weighted by Crippen LogP contribution is 2.14. The van der Waals surface area contributed by atoms with E-state index in [0.717, 1.165) is 25.3 Å². The Balaban J connectivity index is 1.89. The lowest BCUT2D eigenvalue weighted by Gasteiger charge is -2.25. The summed E-state index contributed by atoms with van der Waals surface area (Å²) >= 11 is 0. The lowest BCUT2D eigenvalue weighted by atomic mass is 10.0. The number of aliphatic hydroxyl groups excluding tert-OH is 1. The molecule has 0 aliphatic carbocycles. The third-order valence-electron chi connectivity index (χ3n) is 5.47. The van der Waals surface area contributed by atoms with Crippen LogP contribution in [0.2, 0.25) is 0 Å². The van der Waals surface area contributed by atoms with Gasteiger partial charge in [0.15, 0.2) is 0 Å². The summed E-state index contributed by atoms with van der Waals surface area (Å²) in [6.45, 7) is 4.53. The van der Waals surface area contributed by atoms with Crippen LogP contribution in [0, 0.1) is 0 Å². The predicted octanol–water partition coefficient (Wildman–Crippen LogP) is 5.12. The molecule has 0 spiro atoms. The molecule has 1 rings (SSSR count). The molecule has 0 saturated heterocycles. The fourth-order valence-electron chi connectivity index (χ4n) is 3.67. The van der Waals surface area contributed by atoms with E-state index in [2.05, 4.69) is 24.1 Å². The van der Waals surface area contributed by atoms with E-state index >= 15 is 0 Å². The second-order valence-electron chi connectivity index (χ2n) is 7.88. The van der Waals surface area contributed by atoms with E-state index in [9.17, 15) is 0 Å². The van der Waals surface area contributed by atoms with Crippen LogP contribution in [0.3, 0.4) is 0 Å². The number of nitrogens with zero attached hydrogens (tertiary/aromatic N) is 2. The van der Waals surface area contributed by atoms with Crippen molar-refractivity contribution < 1.29 is 9.70 Å². The summed E-state index contributed by atoms with van der Waals surface area (Å²) < 4.78 is 0.297. The van der Waals surface area contributed by atoms with Crippen LogP contribution >= 0.6 is 0 Å². The quantitative estimate of drug-likeness (QED) is 0.213. The molecule has 0 aromatic rings. The van der Waals surface area contributed by atoms with E-state index in [1.807, 2.05) is 0 Å². The summed E-state index contributed by atoms with van der Waals surface area (Å²) in [6, 6.07) is 0. The molecule has 0 amide bonds. The van der Waals surface area contributed by atoms with Crippen LogP contribution < -0.4 is 5.84 Å². The van der Waals surface area contributed by atoms with Crippen LogP contribution in [0.5, 0.6) is 0 Å². The number of hydrogen-bond acceptors (Lipinski definition) is 3. The van der Waals surface area contributed by atoms with Crippen molar-refractivity contribution in [3.05, 3.63) is 12.2 Å². The first kappa shape index (κ1) is 23.3. The average Bonchev–Trinajstić information content (AvgIpc) is 2.99. The van der Waals surface area contributed by atoms with Gasteiger partial charge in [-0.05, 0) is 12.8 Å².